The quantitative estimate of drug-likeness (QED) is 0.230. The number of quaternary nitrogens is 2. The van der Waals surface area contributed by atoms with Crippen molar-refractivity contribution in [2.45, 2.75) is 0 Å². The summed E-state index contributed by atoms with van der Waals surface area (Å²) in [6, 6.07) is 10.8. The largest absolute Gasteiger partial charge is 1.00 e. The minimum absolute atomic E-state index is 0. The molecule has 206 valence electrons. The van der Waals surface area contributed by atoms with Gasteiger partial charge in [0.05, 0.1) is 42.3 Å². The number of amides is 2. The zero-order chi connectivity index (χ0) is 27.3. The summed E-state index contributed by atoms with van der Waals surface area (Å²) in [5.74, 6) is 1.93. The molecule has 11 heteroatoms. The number of ether oxygens (including phenoxy) is 4. The second kappa shape index (κ2) is 13.2. The lowest BCUT2D eigenvalue weighted by atomic mass is 10.2. The molecule has 0 aliphatic heterocycles. The van der Waals surface area contributed by atoms with Crippen LogP contribution in [0.15, 0.2) is 36.4 Å². The monoisotopic (exact) mass is 631 g/mol. The van der Waals surface area contributed by atoms with Crippen molar-refractivity contribution in [2.75, 3.05) is 83.7 Å². The maximum absolute atomic E-state index is 12.0. The molecule has 37 heavy (non-hydrogen) atoms. The molecule has 0 saturated heterocycles. The first-order valence-corrected chi connectivity index (χ1v) is 11.5. The highest BCUT2D eigenvalue weighted by Crippen LogP contribution is 2.32. The highest BCUT2D eigenvalue weighted by molar-refractivity contribution is 5.71. The van der Waals surface area contributed by atoms with Crippen molar-refractivity contribution in [1.29, 1.82) is 0 Å². The van der Waals surface area contributed by atoms with Crippen LogP contribution in [-0.2, 0) is 0 Å². The van der Waals surface area contributed by atoms with Gasteiger partial charge in [-0.3, -0.25) is 8.97 Å². The van der Waals surface area contributed by atoms with Crippen LogP contribution in [0.1, 0.15) is 0 Å². The van der Waals surface area contributed by atoms with Gasteiger partial charge in [0.15, 0.2) is 0 Å². The Morgan fingerprint density at radius 1 is 0.595 bits per heavy atom. The molecule has 0 saturated carbocycles. The van der Waals surface area contributed by atoms with Crippen LogP contribution < -0.4 is 51.9 Å². The summed E-state index contributed by atoms with van der Waals surface area (Å²) >= 11 is 0. The van der Waals surface area contributed by atoms with Gasteiger partial charge < -0.3 is 52.7 Å². The molecule has 0 heterocycles. The summed E-state index contributed by atoms with van der Waals surface area (Å²) in [5.41, 5.74) is 1.83. The number of halogens is 1. The van der Waals surface area contributed by atoms with E-state index < -0.39 is 12.2 Å². The van der Waals surface area contributed by atoms with Crippen LogP contribution in [0.2, 0.25) is 0 Å². The van der Waals surface area contributed by atoms with Crippen molar-refractivity contribution in [3.05, 3.63) is 36.4 Å². The molecule has 0 atom stereocenters. The summed E-state index contributed by atoms with van der Waals surface area (Å²) < 4.78 is 23.8. The predicted molar refractivity (Wildman–Crippen MR) is 142 cm³/mol. The molecule has 0 spiro atoms. The molecule has 2 amide bonds. The highest BCUT2D eigenvalue weighted by Gasteiger charge is 2.19. The van der Waals surface area contributed by atoms with Crippen molar-refractivity contribution in [1.82, 2.24) is 18.8 Å². The maximum Gasteiger partial charge on any atom is 0.414 e. The van der Waals surface area contributed by atoms with Gasteiger partial charge >= 0.3 is 12.2 Å². The first-order chi connectivity index (χ1) is 16.6. The van der Waals surface area contributed by atoms with Gasteiger partial charge in [0.1, 0.15) is 47.6 Å². The lowest BCUT2D eigenvalue weighted by Crippen LogP contribution is -3.00. The highest BCUT2D eigenvalue weighted by atomic mass is 127. The van der Waals surface area contributed by atoms with Crippen LogP contribution in [0.3, 0.4) is 0 Å². The van der Waals surface area contributed by atoms with Crippen molar-refractivity contribution < 1.29 is 52.5 Å². The zero-order valence-corrected chi connectivity index (χ0v) is 25.7. The molecule has 0 radical (unpaired) electrons. The first kappa shape index (κ1) is 32.3. The molecule has 0 N–H and O–H groups in total. The number of hydrogen-bond acceptors (Lipinski definition) is 6. The summed E-state index contributed by atoms with van der Waals surface area (Å²) in [5, 5.41) is 0. The minimum atomic E-state index is -0.467. The van der Waals surface area contributed by atoms with Gasteiger partial charge in [0.2, 0.25) is 0 Å². The van der Waals surface area contributed by atoms with Gasteiger partial charge in [-0.1, -0.05) is 0 Å². The fourth-order valence-electron chi connectivity index (χ4n) is 2.88. The van der Waals surface area contributed by atoms with E-state index in [1.165, 1.54) is 9.80 Å². The Bertz CT molecular complexity index is 992. The third-order valence-electron chi connectivity index (χ3n) is 5.04. The van der Waals surface area contributed by atoms with Crippen LogP contribution in [0, 0.1) is 0 Å². The Hall–Kier alpha value is -2.77. The molecule has 10 nitrogen and oxygen atoms in total. The van der Waals surface area contributed by atoms with Gasteiger partial charge in [0, 0.05) is 64.6 Å². The van der Waals surface area contributed by atoms with Crippen LogP contribution in [0.5, 0.6) is 23.0 Å². The van der Waals surface area contributed by atoms with E-state index in [4.69, 9.17) is 18.9 Å². The van der Waals surface area contributed by atoms with Gasteiger partial charge in [-0.15, -0.1) is 0 Å². The van der Waals surface area contributed by atoms with Crippen molar-refractivity contribution in [3.8, 4) is 23.0 Å². The van der Waals surface area contributed by atoms with Crippen LogP contribution in [0.4, 0.5) is 21.0 Å². The molecular weight excluding hydrogens is 591 g/mol. The third-order valence-corrected chi connectivity index (χ3v) is 5.04. The van der Waals surface area contributed by atoms with Crippen molar-refractivity contribution >= 4 is 23.6 Å². The fourth-order valence-corrected chi connectivity index (χ4v) is 2.88. The number of nitrogens with zero attached hydrogens (tertiary/aromatic N) is 4. The molecule has 0 fully saturated rings. The average molecular weight is 632 g/mol. The standard InChI is InChI=1S/C26H40N4O6.HI/c1-27(2)25(31)35-23-15-19(29(5,6)7)13-21(17-23)33-11-12-34-22-14-20(30(8,9)10)16-24(18-22)36-26(32)28(3)4;/h13-18H,11-12H2,1-10H3;1H/q+2;/p-1. The van der Waals surface area contributed by atoms with Crippen LogP contribution >= 0.6 is 0 Å². The summed E-state index contributed by atoms with van der Waals surface area (Å²) in [7, 11) is 18.6. The van der Waals surface area contributed by atoms with E-state index in [1.807, 2.05) is 66.6 Å². The molecule has 0 bridgehead atoms. The maximum atomic E-state index is 12.0. The average Bonchev–Trinajstić information content (AvgIpc) is 2.75. The Balaban J connectivity index is 0.00000684. The predicted octanol–water partition coefficient (Wildman–Crippen LogP) is 0.663. The molecule has 0 aliphatic carbocycles. The van der Waals surface area contributed by atoms with Crippen LogP contribution in [0.25, 0.3) is 0 Å². The van der Waals surface area contributed by atoms with E-state index in [-0.39, 0.29) is 37.2 Å². The smallest absolute Gasteiger partial charge is 0.414 e. The van der Waals surface area contributed by atoms with Gasteiger partial charge in [-0.05, 0) is 0 Å². The van der Waals surface area contributed by atoms with E-state index >= 15 is 0 Å². The Morgan fingerprint density at radius 3 is 1.16 bits per heavy atom. The molecule has 0 aliphatic rings. The van der Waals surface area contributed by atoms with E-state index in [9.17, 15) is 9.59 Å². The second-order valence-electron chi connectivity index (χ2n) is 10.6. The summed E-state index contributed by atoms with van der Waals surface area (Å²) in [6.45, 7) is 0.506. The van der Waals surface area contributed by atoms with Gasteiger partial charge in [-0.25, -0.2) is 9.59 Å². The molecule has 0 unspecified atom stereocenters. The van der Waals surface area contributed by atoms with E-state index in [1.54, 1.807) is 40.3 Å². The summed E-state index contributed by atoms with van der Waals surface area (Å²) in [4.78, 5) is 26.8. The van der Waals surface area contributed by atoms with Gasteiger partial charge in [0.25, 0.3) is 0 Å². The minimum Gasteiger partial charge on any atom is -1.00 e. The number of benzene rings is 2. The zero-order valence-electron chi connectivity index (χ0n) is 23.5. The number of rotatable bonds is 9. The van der Waals surface area contributed by atoms with Crippen molar-refractivity contribution in [2.24, 2.45) is 0 Å². The fraction of sp³-hybridized carbons (Fsp3) is 0.462. The third kappa shape index (κ3) is 10.3. The molecule has 2 rings (SSSR count). The van der Waals surface area contributed by atoms with Crippen molar-refractivity contribution in [3.63, 3.8) is 0 Å². The van der Waals surface area contributed by atoms with E-state index in [2.05, 4.69) is 0 Å². The lowest BCUT2D eigenvalue weighted by molar-refractivity contribution is -0.0000189. The topological polar surface area (TPSA) is 77.5 Å². The molecular formula is C26H40IN4O6+. The Labute approximate surface area is 237 Å². The van der Waals surface area contributed by atoms with E-state index in [0.29, 0.717) is 32.0 Å². The lowest BCUT2D eigenvalue weighted by Gasteiger charge is -2.25. The summed E-state index contributed by atoms with van der Waals surface area (Å²) in [6.07, 6.45) is -0.934. The SMILES string of the molecule is CN(C)C(=O)Oc1cc(OCCOc2cc(OC(=O)N(C)C)cc([N+](C)(C)C)c2)cc([N+](C)(C)C)c1.[I-]. The Morgan fingerprint density at radius 2 is 0.892 bits per heavy atom. The van der Waals surface area contributed by atoms with Gasteiger partial charge in [-0.2, -0.15) is 0 Å². The second-order valence-corrected chi connectivity index (χ2v) is 10.6. The molecule has 2 aromatic carbocycles. The number of carbonyl (C=O) groups is 2. The molecule has 0 aromatic heterocycles. The number of carbonyl (C=O) groups excluding carboxylic acids is 2. The normalized spacial score (nSPS) is 11.2. The first-order valence-electron chi connectivity index (χ1n) is 11.5. The Kier molecular flexibility index (Phi) is 11.5. The van der Waals surface area contributed by atoms with Crippen LogP contribution in [-0.4, -0.2) is 106 Å². The van der Waals surface area contributed by atoms with E-state index in [0.717, 1.165) is 11.4 Å². The molecule has 2 aromatic rings. The number of hydrogen-bond donors (Lipinski definition) is 0.